The van der Waals surface area contributed by atoms with Gasteiger partial charge in [0.05, 0.1) is 13.2 Å². The summed E-state index contributed by atoms with van der Waals surface area (Å²) in [4.78, 5) is 27.9. The molecule has 0 bridgehead atoms. The molecule has 0 saturated carbocycles. The molecule has 0 atom stereocenters. The number of ether oxygens (including phenoxy) is 2. The van der Waals surface area contributed by atoms with Crippen LogP contribution in [-0.2, 0) is 9.53 Å². The minimum atomic E-state index is -0.301. The van der Waals surface area contributed by atoms with Gasteiger partial charge in [-0.1, -0.05) is 6.07 Å². The van der Waals surface area contributed by atoms with E-state index in [1.165, 1.54) is 7.11 Å². The molecule has 2 rings (SSSR count). The summed E-state index contributed by atoms with van der Waals surface area (Å²) in [5.41, 5.74) is 1.29. The minimum Gasteiger partial charge on any atom is -0.489 e. The summed E-state index contributed by atoms with van der Waals surface area (Å²) in [6, 6.07) is 7.21. The van der Waals surface area contributed by atoms with Crippen LogP contribution in [0, 0.1) is 0 Å². The fraction of sp³-hybridized carbons (Fsp3) is 0.389. The Bertz CT molecular complexity index is 709. The molecule has 0 radical (unpaired) electrons. The van der Waals surface area contributed by atoms with Crippen molar-refractivity contribution in [2.75, 3.05) is 7.11 Å². The second-order valence-electron chi connectivity index (χ2n) is 5.53. The first-order chi connectivity index (χ1) is 11.0. The van der Waals surface area contributed by atoms with Gasteiger partial charge in [-0.15, -0.1) is 0 Å². The lowest BCUT2D eigenvalue weighted by Crippen LogP contribution is -2.08. The monoisotopic (exact) mass is 315 g/mol. The Morgan fingerprint density at radius 2 is 1.96 bits per heavy atom. The number of pyridine rings is 1. The van der Waals surface area contributed by atoms with Gasteiger partial charge in [-0.25, -0.2) is 0 Å². The van der Waals surface area contributed by atoms with Crippen molar-refractivity contribution in [2.24, 2.45) is 0 Å². The van der Waals surface area contributed by atoms with E-state index in [1.807, 2.05) is 19.9 Å². The van der Waals surface area contributed by atoms with Crippen LogP contribution in [0.25, 0.3) is 10.9 Å². The average molecular weight is 315 g/mol. The van der Waals surface area contributed by atoms with Crippen LogP contribution in [0.3, 0.4) is 0 Å². The molecule has 0 N–H and O–H groups in total. The lowest BCUT2D eigenvalue weighted by Gasteiger charge is -2.13. The minimum absolute atomic E-state index is 0.0111. The Labute approximate surface area is 135 Å². The number of Topliss-reactive ketones (excluding diaryl/α,β-unsaturated/α-hetero) is 1. The second-order valence-corrected chi connectivity index (χ2v) is 5.53. The maximum atomic E-state index is 12.4. The molecule has 2 aromatic rings. The fourth-order valence-electron chi connectivity index (χ4n) is 2.37. The molecule has 0 saturated heterocycles. The first kappa shape index (κ1) is 16.9. The highest BCUT2D eigenvalue weighted by molar-refractivity contribution is 6.08. The number of rotatable bonds is 7. The van der Waals surface area contributed by atoms with Gasteiger partial charge in [0.1, 0.15) is 11.3 Å². The highest BCUT2D eigenvalue weighted by atomic mass is 16.5. The standard InChI is InChI=1S/C18H21NO4/c1-12(2)23-16-10-9-13(14-6-5-11-19-18(14)16)15(20)7-4-8-17(21)22-3/h5-6,9-12H,4,7-8H2,1-3H3. The molecule has 1 aromatic heterocycles. The van der Waals surface area contributed by atoms with E-state index in [4.69, 9.17) is 4.74 Å². The van der Waals surface area contributed by atoms with Crippen molar-refractivity contribution < 1.29 is 19.1 Å². The van der Waals surface area contributed by atoms with Gasteiger partial charge in [0.25, 0.3) is 0 Å². The van der Waals surface area contributed by atoms with E-state index in [1.54, 1.807) is 24.4 Å². The number of carbonyl (C=O) groups is 2. The Morgan fingerprint density at radius 1 is 1.17 bits per heavy atom. The predicted octanol–water partition coefficient (Wildman–Crippen LogP) is 3.55. The van der Waals surface area contributed by atoms with Gasteiger partial charge < -0.3 is 9.47 Å². The number of fused-ring (bicyclic) bond motifs is 1. The molecule has 0 fully saturated rings. The van der Waals surface area contributed by atoms with Crippen molar-refractivity contribution in [1.82, 2.24) is 4.98 Å². The van der Waals surface area contributed by atoms with Gasteiger partial charge in [-0.3, -0.25) is 14.6 Å². The molecule has 1 aromatic carbocycles. The third-order valence-electron chi connectivity index (χ3n) is 3.41. The molecule has 0 aliphatic heterocycles. The smallest absolute Gasteiger partial charge is 0.305 e. The Hall–Kier alpha value is -2.43. The zero-order chi connectivity index (χ0) is 16.8. The lowest BCUT2D eigenvalue weighted by atomic mass is 10.0. The lowest BCUT2D eigenvalue weighted by molar-refractivity contribution is -0.140. The van der Waals surface area contributed by atoms with Crippen LogP contribution in [0.2, 0.25) is 0 Å². The summed E-state index contributed by atoms with van der Waals surface area (Å²) in [5.74, 6) is 0.356. The van der Waals surface area contributed by atoms with Crippen LogP contribution in [0.15, 0.2) is 30.5 Å². The molecule has 23 heavy (non-hydrogen) atoms. The van der Waals surface area contributed by atoms with Gasteiger partial charge in [-0.05, 0) is 38.5 Å². The summed E-state index contributed by atoms with van der Waals surface area (Å²) < 4.78 is 10.3. The van der Waals surface area contributed by atoms with E-state index in [0.29, 0.717) is 29.7 Å². The number of ketones is 1. The average Bonchev–Trinajstić information content (AvgIpc) is 2.54. The van der Waals surface area contributed by atoms with Crippen molar-refractivity contribution in [3.8, 4) is 5.75 Å². The van der Waals surface area contributed by atoms with Crippen molar-refractivity contribution in [1.29, 1.82) is 0 Å². The maximum absolute atomic E-state index is 12.4. The number of hydrogen-bond donors (Lipinski definition) is 0. The normalized spacial score (nSPS) is 10.8. The van der Waals surface area contributed by atoms with Crippen LogP contribution in [0.4, 0.5) is 0 Å². The van der Waals surface area contributed by atoms with Crippen molar-refractivity contribution in [3.63, 3.8) is 0 Å². The SMILES string of the molecule is COC(=O)CCCC(=O)c1ccc(OC(C)C)c2ncccc12. The predicted molar refractivity (Wildman–Crippen MR) is 87.7 cm³/mol. The third-order valence-corrected chi connectivity index (χ3v) is 3.41. The first-order valence-corrected chi connectivity index (χ1v) is 7.67. The number of hydrogen-bond acceptors (Lipinski definition) is 5. The molecular formula is C18H21NO4. The molecule has 122 valence electrons. The number of aromatic nitrogens is 1. The molecule has 0 aliphatic carbocycles. The second kappa shape index (κ2) is 7.72. The summed E-state index contributed by atoms with van der Waals surface area (Å²) in [7, 11) is 1.34. The number of methoxy groups -OCH3 is 1. The quantitative estimate of drug-likeness (QED) is 0.577. The number of nitrogens with zero attached hydrogens (tertiary/aromatic N) is 1. The Kier molecular flexibility index (Phi) is 5.68. The fourth-order valence-corrected chi connectivity index (χ4v) is 2.37. The molecule has 5 nitrogen and oxygen atoms in total. The number of esters is 1. The van der Waals surface area contributed by atoms with Crippen LogP contribution in [0.5, 0.6) is 5.75 Å². The third kappa shape index (κ3) is 4.28. The molecular weight excluding hydrogens is 294 g/mol. The van der Waals surface area contributed by atoms with Gasteiger partial charge >= 0.3 is 5.97 Å². The summed E-state index contributed by atoms with van der Waals surface area (Å²) >= 11 is 0. The van der Waals surface area contributed by atoms with Crippen molar-refractivity contribution in [2.45, 2.75) is 39.2 Å². The first-order valence-electron chi connectivity index (χ1n) is 7.67. The van der Waals surface area contributed by atoms with Gasteiger partial charge in [0.15, 0.2) is 5.78 Å². The van der Waals surface area contributed by atoms with Crippen LogP contribution < -0.4 is 4.74 Å². The van der Waals surface area contributed by atoms with Crippen molar-refractivity contribution >= 4 is 22.7 Å². The molecule has 0 unspecified atom stereocenters. The molecule has 0 aliphatic rings. The number of benzene rings is 1. The van der Waals surface area contributed by atoms with E-state index < -0.39 is 0 Å². The number of carbonyl (C=O) groups excluding carboxylic acids is 2. The van der Waals surface area contributed by atoms with Crippen LogP contribution >= 0.6 is 0 Å². The van der Waals surface area contributed by atoms with Crippen LogP contribution in [0.1, 0.15) is 43.5 Å². The van der Waals surface area contributed by atoms with Gasteiger partial charge in [0, 0.05) is 30.0 Å². The van der Waals surface area contributed by atoms with E-state index in [-0.39, 0.29) is 24.3 Å². The summed E-state index contributed by atoms with van der Waals surface area (Å²) in [5, 5.41) is 0.772. The van der Waals surface area contributed by atoms with Gasteiger partial charge in [0.2, 0.25) is 0 Å². The van der Waals surface area contributed by atoms with Crippen molar-refractivity contribution in [3.05, 3.63) is 36.0 Å². The van der Waals surface area contributed by atoms with E-state index in [0.717, 1.165) is 5.39 Å². The van der Waals surface area contributed by atoms with E-state index in [2.05, 4.69) is 9.72 Å². The summed E-state index contributed by atoms with van der Waals surface area (Å²) in [6.07, 6.45) is 2.72. The molecule has 0 amide bonds. The Balaban J connectivity index is 2.24. The van der Waals surface area contributed by atoms with E-state index >= 15 is 0 Å². The van der Waals surface area contributed by atoms with Gasteiger partial charge in [-0.2, -0.15) is 0 Å². The highest BCUT2D eigenvalue weighted by Gasteiger charge is 2.15. The van der Waals surface area contributed by atoms with Crippen LogP contribution in [-0.4, -0.2) is 30.0 Å². The Morgan fingerprint density at radius 3 is 2.65 bits per heavy atom. The highest BCUT2D eigenvalue weighted by Crippen LogP contribution is 2.28. The molecule has 1 heterocycles. The largest absolute Gasteiger partial charge is 0.489 e. The zero-order valence-electron chi connectivity index (χ0n) is 13.7. The molecule has 5 heteroatoms. The summed E-state index contributed by atoms with van der Waals surface area (Å²) in [6.45, 7) is 3.89. The molecule has 0 spiro atoms. The van der Waals surface area contributed by atoms with E-state index in [9.17, 15) is 9.59 Å². The zero-order valence-corrected chi connectivity index (χ0v) is 13.7. The topological polar surface area (TPSA) is 65.5 Å². The maximum Gasteiger partial charge on any atom is 0.305 e.